The van der Waals surface area contributed by atoms with Gasteiger partial charge in [0, 0.05) is 13.1 Å². The van der Waals surface area contributed by atoms with Gasteiger partial charge in [-0.05, 0) is 26.2 Å². The Balaban J connectivity index is 3.77. The van der Waals surface area contributed by atoms with Crippen molar-refractivity contribution in [2.24, 2.45) is 5.92 Å². The molecule has 0 rings (SSSR count). The molecule has 0 aliphatic heterocycles. The molecule has 0 saturated carbocycles. The molecule has 78 valence electrons. The lowest BCUT2D eigenvalue weighted by atomic mass is 10.0. The Labute approximate surface area is 81.3 Å². The minimum Gasteiger partial charge on any atom is -0.358 e. The number of hydrogen-bond acceptors (Lipinski definition) is 2. The number of nitrogens with one attached hydrogen (secondary N) is 2. The Bertz CT molecular complexity index is 157. The fraction of sp³-hybridized carbons (Fsp3) is 0.900. The zero-order chi connectivity index (χ0) is 10.4. The standard InChI is InChI=1S/C10H22N2O/c1-7(2)6-8(3)12-9(4)10(13)11-5/h7-9,12H,6H2,1-5H3,(H,11,13). The summed E-state index contributed by atoms with van der Waals surface area (Å²) in [6.45, 7) is 8.36. The summed E-state index contributed by atoms with van der Waals surface area (Å²) in [5.41, 5.74) is 0. The van der Waals surface area contributed by atoms with E-state index in [1.807, 2.05) is 6.92 Å². The fourth-order valence-corrected chi connectivity index (χ4v) is 1.49. The summed E-state index contributed by atoms with van der Waals surface area (Å²) in [5.74, 6) is 0.718. The van der Waals surface area contributed by atoms with Gasteiger partial charge < -0.3 is 10.6 Å². The lowest BCUT2D eigenvalue weighted by Gasteiger charge is -2.20. The Kier molecular flexibility index (Phi) is 5.71. The van der Waals surface area contributed by atoms with Crippen molar-refractivity contribution >= 4 is 5.91 Å². The van der Waals surface area contributed by atoms with Crippen LogP contribution < -0.4 is 10.6 Å². The zero-order valence-corrected chi connectivity index (χ0v) is 9.35. The lowest BCUT2D eigenvalue weighted by molar-refractivity contribution is -0.122. The zero-order valence-electron chi connectivity index (χ0n) is 9.35. The van der Waals surface area contributed by atoms with Gasteiger partial charge in [0.2, 0.25) is 5.91 Å². The highest BCUT2D eigenvalue weighted by atomic mass is 16.2. The molecule has 0 fully saturated rings. The maximum absolute atomic E-state index is 11.2. The number of amides is 1. The molecular weight excluding hydrogens is 164 g/mol. The van der Waals surface area contributed by atoms with E-state index in [1.54, 1.807) is 7.05 Å². The third-order valence-corrected chi connectivity index (χ3v) is 2.00. The molecule has 0 aliphatic carbocycles. The molecule has 2 atom stereocenters. The largest absolute Gasteiger partial charge is 0.358 e. The number of carbonyl (C=O) groups is 1. The third kappa shape index (κ3) is 5.64. The SMILES string of the molecule is CNC(=O)C(C)NC(C)CC(C)C. The van der Waals surface area contributed by atoms with Crippen molar-refractivity contribution < 1.29 is 4.79 Å². The van der Waals surface area contributed by atoms with Crippen molar-refractivity contribution in [3.63, 3.8) is 0 Å². The summed E-state index contributed by atoms with van der Waals surface area (Å²) in [5, 5.41) is 5.87. The molecule has 0 aliphatic rings. The maximum Gasteiger partial charge on any atom is 0.236 e. The van der Waals surface area contributed by atoms with Gasteiger partial charge in [-0.25, -0.2) is 0 Å². The van der Waals surface area contributed by atoms with Crippen molar-refractivity contribution in [2.45, 2.75) is 46.2 Å². The quantitative estimate of drug-likeness (QED) is 0.676. The van der Waals surface area contributed by atoms with E-state index in [0.29, 0.717) is 12.0 Å². The van der Waals surface area contributed by atoms with E-state index in [9.17, 15) is 4.79 Å². The normalized spacial score (nSPS) is 15.5. The second kappa shape index (κ2) is 5.97. The van der Waals surface area contributed by atoms with Gasteiger partial charge in [0.1, 0.15) is 0 Å². The average molecular weight is 186 g/mol. The Morgan fingerprint density at radius 1 is 1.23 bits per heavy atom. The van der Waals surface area contributed by atoms with Crippen molar-refractivity contribution in [3.8, 4) is 0 Å². The summed E-state index contributed by atoms with van der Waals surface area (Å²) < 4.78 is 0. The van der Waals surface area contributed by atoms with Crippen LogP contribution in [-0.2, 0) is 4.79 Å². The molecule has 0 aromatic heterocycles. The molecule has 0 saturated heterocycles. The molecule has 3 nitrogen and oxygen atoms in total. The minimum absolute atomic E-state index is 0.0515. The van der Waals surface area contributed by atoms with Gasteiger partial charge in [-0.3, -0.25) is 4.79 Å². The van der Waals surface area contributed by atoms with Crippen LogP contribution in [0.2, 0.25) is 0 Å². The average Bonchev–Trinajstić information content (AvgIpc) is 2.01. The van der Waals surface area contributed by atoms with Crippen LogP contribution in [0.15, 0.2) is 0 Å². The summed E-state index contributed by atoms with van der Waals surface area (Å²) in [7, 11) is 1.66. The predicted octanol–water partition coefficient (Wildman–Crippen LogP) is 1.15. The van der Waals surface area contributed by atoms with Gasteiger partial charge >= 0.3 is 0 Å². The van der Waals surface area contributed by atoms with Gasteiger partial charge in [-0.1, -0.05) is 13.8 Å². The van der Waals surface area contributed by atoms with Gasteiger partial charge in [-0.2, -0.15) is 0 Å². The molecule has 2 N–H and O–H groups in total. The van der Waals surface area contributed by atoms with Crippen LogP contribution >= 0.6 is 0 Å². The monoisotopic (exact) mass is 186 g/mol. The molecular formula is C10H22N2O. The molecule has 13 heavy (non-hydrogen) atoms. The maximum atomic E-state index is 11.2. The second-order valence-electron chi connectivity index (χ2n) is 4.03. The first kappa shape index (κ1) is 12.4. The highest BCUT2D eigenvalue weighted by molar-refractivity contribution is 5.80. The summed E-state index contributed by atoms with van der Waals surface area (Å²) in [6, 6.07) is 0.297. The summed E-state index contributed by atoms with van der Waals surface area (Å²) in [6.07, 6.45) is 1.10. The van der Waals surface area contributed by atoms with E-state index in [0.717, 1.165) is 6.42 Å². The molecule has 0 aromatic rings. The molecule has 2 unspecified atom stereocenters. The van der Waals surface area contributed by atoms with Crippen molar-refractivity contribution in [3.05, 3.63) is 0 Å². The van der Waals surface area contributed by atoms with Crippen LogP contribution in [0.3, 0.4) is 0 Å². The highest BCUT2D eigenvalue weighted by Crippen LogP contribution is 2.04. The van der Waals surface area contributed by atoms with E-state index in [-0.39, 0.29) is 11.9 Å². The fourth-order valence-electron chi connectivity index (χ4n) is 1.49. The third-order valence-electron chi connectivity index (χ3n) is 2.00. The molecule has 0 radical (unpaired) electrons. The van der Waals surface area contributed by atoms with Crippen LogP contribution in [0.4, 0.5) is 0 Å². The van der Waals surface area contributed by atoms with Crippen molar-refractivity contribution in [2.75, 3.05) is 7.05 Å². The topological polar surface area (TPSA) is 41.1 Å². The molecule has 0 bridgehead atoms. The second-order valence-corrected chi connectivity index (χ2v) is 4.03. The Morgan fingerprint density at radius 3 is 2.15 bits per heavy atom. The molecule has 0 aromatic carbocycles. The van der Waals surface area contributed by atoms with E-state index in [4.69, 9.17) is 0 Å². The van der Waals surface area contributed by atoms with E-state index >= 15 is 0 Å². The van der Waals surface area contributed by atoms with Crippen molar-refractivity contribution in [1.82, 2.24) is 10.6 Å². The van der Waals surface area contributed by atoms with Gasteiger partial charge in [-0.15, -0.1) is 0 Å². The number of carbonyl (C=O) groups excluding carboxylic acids is 1. The van der Waals surface area contributed by atoms with Crippen LogP contribution in [0.5, 0.6) is 0 Å². The lowest BCUT2D eigenvalue weighted by Crippen LogP contribution is -2.44. The van der Waals surface area contributed by atoms with Crippen LogP contribution in [0.1, 0.15) is 34.1 Å². The number of rotatable bonds is 5. The molecule has 0 heterocycles. The van der Waals surface area contributed by atoms with Gasteiger partial charge in [0.05, 0.1) is 6.04 Å². The highest BCUT2D eigenvalue weighted by Gasteiger charge is 2.13. The Hall–Kier alpha value is -0.570. The minimum atomic E-state index is -0.0984. The van der Waals surface area contributed by atoms with E-state index in [1.165, 1.54) is 0 Å². The van der Waals surface area contributed by atoms with Crippen LogP contribution in [0.25, 0.3) is 0 Å². The van der Waals surface area contributed by atoms with E-state index < -0.39 is 0 Å². The molecule has 3 heteroatoms. The van der Waals surface area contributed by atoms with Crippen LogP contribution in [0, 0.1) is 5.92 Å². The molecule has 0 spiro atoms. The first-order valence-electron chi connectivity index (χ1n) is 4.95. The van der Waals surface area contributed by atoms with Crippen molar-refractivity contribution in [1.29, 1.82) is 0 Å². The van der Waals surface area contributed by atoms with Gasteiger partial charge in [0.15, 0.2) is 0 Å². The summed E-state index contributed by atoms with van der Waals surface area (Å²) >= 11 is 0. The summed E-state index contributed by atoms with van der Waals surface area (Å²) in [4.78, 5) is 11.2. The van der Waals surface area contributed by atoms with Gasteiger partial charge in [0.25, 0.3) is 0 Å². The molecule has 1 amide bonds. The van der Waals surface area contributed by atoms with Crippen LogP contribution in [-0.4, -0.2) is 25.0 Å². The Morgan fingerprint density at radius 2 is 1.77 bits per heavy atom. The first-order chi connectivity index (χ1) is 5.97. The first-order valence-corrected chi connectivity index (χ1v) is 4.95. The predicted molar refractivity (Wildman–Crippen MR) is 55.6 cm³/mol. The number of likely N-dealkylation sites (N-methyl/N-ethyl adjacent to an activating group) is 1. The smallest absolute Gasteiger partial charge is 0.236 e. The van der Waals surface area contributed by atoms with E-state index in [2.05, 4.69) is 31.4 Å². The number of hydrogen-bond donors (Lipinski definition) is 2.